The van der Waals surface area contributed by atoms with Crippen LogP contribution in [-0.2, 0) is 19.1 Å². The number of carbonyl (C=O) groups is 2. The molecular weight excluding hydrogens is 514 g/mol. The van der Waals surface area contributed by atoms with E-state index in [0.29, 0.717) is 19.8 Å². The van der Waals surface area contributed by atoms with E-state index in [9.17, 15) is 9.59 Å². The van der Waals surface area contributed by atoms with Crippen molar-refractivity contribution < 1.29 is 24.2 Å². The molecular formula is C35H69NO5. The summed E-state index contributed by atoms with van der Waals surface area (Å²) in [6, 6.07) is 0. The van der Waals surface area contributed by atoms with Crippen molar-refractivity contribution in [3.05, 3.63) is 0 Å². The van der Waals surface area contributed by atoms with E-state index in [1.165, 1.54) is 141 Å². The van der Waals surface area contributed by atoms with Gasteiger partial charge in [-0.2, -0.15) is 0 Å². The quantitative estimate of drug-likeness (QED) is 0.0737. The molecule has 0 saturated carbocycles. The maximum Gasteiger partial charge on any atom is 0.303 e. The van der Waals surface area contributed by atoms with Gasteiger partial charge in [0.2, 0.25) is 5.91 Å². The van der Waals surface area contributed by atoms with Crippen molar-refractivity contribution >= 4 is 11.9 Å². The molecule has 0 unspecified atom stereocenters. The highest BCUT2D eigenvalue weighted by Crippen LogP contribution is 2.13. The van der Waals surface area contributed by atoms with Gasteiger partial charge >= 0.3 is 5.97 Å². The highest BCUT2D eigenvalue weighted by Gasteiger charge is 2.12. The van der Waals surface area contributed by atoms with Crippen LogP contribution in [0.2, 0.25) is 0 Å². The average molecular weight is 584 g/mol. The number of rotatable bonds is 34. The Balaban J connectivity index is 3.90. The summed E-state index contributed by atoms with van der Waals surface area (Å²) in [5, 5.41) is 11.6. The van der Waals surface area contributed by atoms with Crippen LogP contribution in [0.3, 0.4) is 0 Å². The number of carboxylic acid groups (broad SMARTS) is 1. The number of hydrogen-bond acceptors (Lipinski definition) is 4. The molecule has 0 radical (unpaired) electrons. The zero-order chi connectivity index (χ0) is 30.1. The Morgan fingerprint density at radius 1 is 0.561 bits per heavy atom. The van der Waals surface area contributed by atoms with Crippen LogP contribution < -0.4 is 5.32 Å². The monoisotopic (exact) mass is 584 g/mol. The number of aliphatic carboxylic acids is 1. The molecule has 0 aromatic heterocycles. The number of hydrogen-bond donors (Lipinski definition) is 2. The molecule has 244 valence electrons. The molecule has 0 bridgehead atoms. The molecule has 41 heavy (non-hydrogen) atoms. The minimum absolute atomic E-state index is 0.000504. The molecule has 0 aromatic rings. The zero-order valence-electron chi connectivity index (χ0n) is 27.4. The van der Waals surface area contributed by atoms with Crippen molar-refractivity contribution in [3.63, 3.8) is 0 Å². The molecule has 1 atom stereocenters. The Kier molecular flexibility index (Phi) is 32.4. The fourth-order valence-corrected chi connectivity index (χ4v) is 5.16. The molecule has 6 heteroatoms. The van der Waals surface area contributed by atoms with Gasteiger partial charge in [0.1, 0.15) is 0 Å². The Labute approximate surface area is 254 Å². The summed E-state index contributed by atoms with van der Waals surface area (Å²) in [5.74, 6) is -1.20. The van der Waals surface area contributed by atoms with Crippen LogP contribution in [-0.4, -0.2) is 49.5 Å². The number of unbranched alkanes of at least 4 members (excludes halogenated alkanes) is 22. The first kappa shape index (κ1) is 39.9. The van der Waals surface area contributed by atoms with Crippen molar-refractivity contribution in [2.75, 3.05) is 26.4 Å². The average Bonchev–Trinajstić information content (AvgIpc) is 2.96. The van der Waals surface area contributed by atoms with Crippen LogP contribution in [0.4, 0.5) is 0 Å². The summed E-state index contributed by atoms with van der Waals surface area (Å²) in [6.07, 6.45) is 31.3. The molecule has 2 N–H and O–H groups in total. The fraction of sp³-hybridized carbons (Fsp3) is 0.943. The molecule has 0 spiro atoms. The van der Waals surface area contributed by atoms with Gasteiger partial charge in [-0.1, -0.05) is 155 Å². The lowest BCUT2D eigenvalue weighted by atomic mass is 10.1. The van der Waals surface area contributed by atoms with Gasteiger partial charge in [-0.05, 0) is 12.8 Å². The molecule has 0 saturated heterocycles. The summed E-state index contributed by atoms with van der Waals surface area (Å²) in [7, 11) is 0. The molecule has 0 aromatic carbocycles. The molecule has 0 aliphatic carbocycles. The van der Waals surface area contributed by atoms with Gasteiger partial charge in [0, 0.05) is 26.2 Å². The first-order valence-corrected chi connectivity index (χ1v) is 17.8. The van der Waals surface area contributed by atoms with E-state index in [1.54, 1.807) is 0 Å². The lowest BCUT2D eigenvalue weighted by Gasteiger charge is -2.19. The van der Waals surface area contributed by atoms with E-state index in [4.69, 9.17) is 14.6 Å². The van der Waals surface area contributed by atoms with Crippen LogP contribution in [0.15, 0.2) is 0 Å². The smallest absolute Gasteiger partial charge is 0.303 e. The van der Waals surface area contributed by atoms with Crippen molar-refractivity contribution in [1.29, 1.82) is 0 Å². The lowest BCUT2D eigenvalue weighted by Crippen LogP contribution is -2.36. The van der Waals surface area contributed by atoms with Crippen molar-refractivity contribution in [1.82, 2.24) is 5.32 Å². The number of ether oxygens (including phenoxy) is 2. The summed E-state index contributed by atoms with van der Waals surface area (Å²) in [4.78, 5) is 22.7. The molecule has 0 aliphatic heterocycles. The maximum atomic E-state index is 12.0. The number of carbonyl (C=O) groups excluding carboxylic acids is 1. The lowest BCUT2D eigenvalue weighted by molar-refractivity contribution is -0.138. The Morgan fingerprint density at radius 3 is 1.37 bits per heavy atom. The van der Waals surface area contributed by atoms with Gasteiger partial charge in [0.25, 0.3) is 0 Å². The van der Waals surface area contributed by atoms with Crippen LogP contribution in [0.1, 0.15) is 181 Å². The predicted octanol–water partition coefficient (Wildman–Crippen LogP) is 9.77. The summed E-state index contributed by atoms with van der Waals surface area (Å²) in [5.41, 5.74) is 0. The summed E-state index contributed by atoms with van der Waals surface area (Å²) in [6.45, 7) is 6.77. The van der Waals surface area contributed by atoms with Gasteiger partial charge in [0.05, 0.1) is 19.1 Å². The van der Waals surface area contributed by atoms with Crippen molar-refractivity contribution in [2.45, 2.75) is 187 Å². The van der Waals surface area contributed by atoms with Crippen LogP contribution in [0.5, 0.6) is 0 Å². The van der Waals surface area contributed by atoms with Crippen LogP contribution in [0.25, 0.3) is 0 Å². The zero-order valence-corrected chi connectivity index (χ0v) is 27.4. The standard InChI is InChI=1S/C35H69NO5/c1-3-5-7-9-11-13-15-17-19-21-23-25-29-40-32-33(31-36-34(37)27-28-35(38)39)41-30-26-24-22-20-18-16-14-12-10-8-6-4-2/h33H,3-32H2,1-2H3,(H,36,37)(H,38,39)/t33-/m1/s1. The fourth-order valence-electron chi connectivity index (χ4n) is 5.16. The highest BCUT2D eigenvalue weighted by atomic mass is 16.5. The second-order valence-corrected chi connectivity index (χ2v) is 12.0. The van der Waals surface area contributed by atoms with Gasteiger partial charge < -0.3 is 19.9 Å². The van der Waals surface area contributed by atoms with Crippen molar-refractivity contribution in [2.24, 2.45) is 0 Å². The summed E-state index contributed by atoms with van der Waals surface area (Å²) >= 11 is 0. The first-order chi connectivity index (χ1) is 20.1. The molecule has 0 aliphatic rings. The third kappa shape index (κ3) is 33.2. The second kappa shape index (κ2) is 33.4. The van der Waals surface area contributed by atoms with E-state index >= 15 is 0 Å². The van der Waals surface area contributed by atoms with E-state index in [2.05, 4.69) is 19.2 Å². The Morgan fingerprint density at radius 2 is 0.951 bits per heavy atom. The minimum Gasteiger partial charge on any atom is -0.481 e. The summed E-state index contributed by atoms with van der Waals surface area (Å²) < 4.78 is 12.0. The first-order valence-electron chi connectivity index (χ1n) is 17.8. The van der Waals surface area contributed by atoms with Gasteiger partial charge in [-0.25, -0.2) is 0 Å². The Hall–Kier alpha value is -1.14. The van der Waals surface area contributed by atoms with Gasteiger partial charge in [-0.15, -0.1) is 0 Å². The second-order valence-electron chi connectivity index (χ2n) is 12.0. The Bertz CT molecular complexity index is 557. The molecule has 0 heterocycles. The number of amides is 1. The van der Waals surface area contributed by atoms with E-state index in [0.717, 1.165) is 19.4 Å². The third-order valence-electron chi connectivity index (χ3n) is 7.89. The molecule has 0 fully saturated rings. The largest absolute Gasteiger partial charge is 0.481 e. The SMILES string of the molecule is CCCCCCCCCCCCCCOC[C@@H](CNC(=O)CCC(=O)O)OCCCCCCCCCCCCCC. The molecule has 6 nitrogen and oxygen atoms in total. The van der Waals surface area contributed by atoms with Gasteiger partial charge in [-0.3, -0.25) is 9.59 Å². The van der Waals surface area contributed by atoms with Crippen molar-refractivity contribution in [3.8, 4) is 0 Å². The highest BCUT2D eigenvalue weighted by molar-refractivity contribution is 5.80. The topological polar surface area (TPSA) is 84.9 Å². The van der Waals surface area contributed by atoms with E-state index in [1.807, 2.05) is 0 Å². The maximum absolute atomic E-state index is 12.0. The van der Waals surface area contributed by atoms with Crippen LogP contribution >= 0.6 is 0 Å². The van der Waals surface area contributed by atoms with E-state index < -0.39 is 5.97 Å². The van der Waals surface area contributed by atoms with E-state index in [-0.39, 0.29) is 24.9 Å². The predicted molar refractivity (Wildman–Crippen MR) is 173 cm³/mol. The molecule has 1 amide bonds. The normalized spacial score (nSPS) is 12.0. The number of nitrogens with one attached hydrogen (secondary N) is 1. The minimum atomic E-state index is -0.953. The molecule has 0 rings (SSSR count). The third-order valence-corrected chi connectivity index (χ3v) is 7.89. The van der Waals surface area contributed by atoms with Crippen LogP contribution in [0, 0.1) is 0 Å². The number of carboxylic acids is 1. The van der Waals surface area contributed by atoms with Gasteiger partial charge in [0.15, 0.2) is 0 Å².